The minimum absolute atomic E-state index is 0.393. The molecule has 1 heterocycles. The number of carbonyl (C=O) groups excluding carboxylic acids is 1. The minimum atomic E-state index is -0.393. The van der Waals surface area contributed by atoms with Crippen LogP contribution in [0.4, 0.5) is 5.69 Å². The molecule has 21 heavy (non-hydrogen) atoms. The van der Waals surface area contributed by atoms with Gasteiger partial charge in [-0.3, -0.25) is 0 Å². The third kappa shape index (κ3) is 2.27. The van der Waals surface area contributed by atoms with E-state index in [2.05, 4.69) is 4.98 Å². The number of nitrogens with two attached hydrogens (primary N) is 1. The molecule has 1 aliphatic carbocycles. The number of benzene rings is 1. The van der Waals surface area contributed by atoms with Crippen molar-refractivity contribution in [3.8, 4) is 11.3 Å². The van der Waals surface area contributed by atoms with Crippen molar-refractivity contribution in [3.63, 3.8) is 0 Å². The number of nitrogen functional groups attached to an aromatic ring is 1. The molecule has 2 aromatic rings. The van der Waals surface area contributed by atoms with Crippen LogP contribution in [0, 0.1) is 6.92 Å². The molecule has 1 aromatic carbocycles. The van der Waals surface area contributed by atoms with Gasteiger partial charge in [-0.25, -0.2) is 0 Å². The van der Waals surface area contributed by atoms with Gasteiger partial charge in [-0.1, -0.05) is 49.6 Å². The minimum Gasteiger partial charge on any atom is -0.397 e. The van der Waals surface area contributed by atoms with Crippen molar-refractivity contribution in [1.29, 1.82) is 0 Å². The lowest BCUT2D eigenvalue weighted by Crippen LogP contribution is -2.31. The van der Waals surface area contributed by atoms with Gasteiger partial charge in [-0.2, -0.15) is 0 Å². The van der Waals surface area contributed by atoms with E-state index < -0.39 is 5.41 Å². The van der Waals surface area contributed by atoms with Crippen LogP contribution in [0.25, 0.3) is 11.3 Å². The Hall–Kier alpha value is -2.03. The van der Waals surface area contributed by atoms with Crippen LogP contribution in [0.15, 0.2) is 30.3 Å². The van der Waals surface area contributed by atoms with Crippen molar-refractivity contribution in [2.24, 2.45) is 0 Å². The zero-order valence-electron chi connectivity index (χ0n) is 12.5. The Morgan fingerprint density at radius 2 is 1.81 bits per heavy atom. The highest BCUT2D eigenvalue weighted by molar-refractivity contribution is 5.83. The normalized spacial score (nSPS) is 17.6. The maximum atomic E-state index is 11.9. The Labute approximate surface area is 125 Å². The molecule has 0 unspecified atom stereocenters. The van der Waals surface area contributed by atoms with Crippen LogP contribution >= 0.6 is 0 Å². The highest BCUT2D eigenvalue weighted by Gasteiger charge is 2.38. The first kappa shape index (κ1) is 13.9. The zero-order chi connectivity index (χ0) is 14.9. The van der Waals surface area contributed by atoms with Crippen LogP contribution < -0.4 is 5.73 Å². The molecule has 3 nitrogen and oxygen atoms in total. The van der Waals surface area contributed by atoms with Crippen molar-refractivity contribution < 1.29 is 4.79 Å². The van der Waals surface area contributed by atoms with Gasteiger partial charge in [0, 0.05) is 16.8 Å². The van der Waals surface area contributed by atoms with Crippen LogP contribution in [0.1, 0.15) is 43.4 Å². The number of hydrogen-bond acceptors (Lipinski definition) is 2. The molecule has 1 aromatic heterocycles. The number of hydrogen-bond donors (Lipinski definition) is 2. The van der Waals surface area contributed by atoms with Crippen molar-refractivity contribution >= 4 is 12.0 Å². The fourth-order valence-corrected chi connectivity index (χ4v) is 3.73. The quantitative estimate of drug-likeness (QED) is 0.837. The monoisotopic (exact) mass is 282 g/mol. The molecule has 0 aliphatic heterocycles. The second-order valence-corrected chi connectivity index (χ2v) is 6.11. The van der Waals surface area contributed by atoms with E-state index in [1.54, 1.807) is 0 Å². The Morgan fingerprint density at radius 3 is 2.43 bits per heavy atom. The SMILES string of the molecule is Cc1[nH]c(-c2ccccc2)c(N)c1C1(C=O)CCCCC1. The van der Waals surface area contributed by atoms with E-state index in [1.807, 2.05) is 37.3 Å². The van der Waals surface area contributed by atoms with Crippen LogP contribution in [0.3, 0.4) is 0 Å². The first-order valence-electron chi connectivity index (χ1n) is 7.68. The number of anilines is 1. The average molecular weight is 282 g/mol. The summed E-state index contributed by atoms with van der Waals surface area (Å²) in [6, 6.07) is 10.1. The van der Waals surface area contributed by atoms with Gasteiger partial charge in [0.2, 0.25) is 0 Å². The molecule has 3 rings (SSSR count). The van der Waals surface area contributed by atoms with E-state index in [1.165, 1.54) is 6.42 Å². The Balaban J connectivity index is 2.12. The first-order chi connectivity index (χ1) is 10.2. The number of nitrogens with one attached hydrogen (secondary N) is 1. The predicted molar refractivity (Wildman–Crippen MR) is 86.2 cm³/mol. The standard InChI is InChI=1S/C18H22N2O/c1-13-15(18(12-21)10-6-3-7-11-18)16(19)17(20-13)14-8-4-2-5-9-14/h2,4-5,8-9,12,20H,3,6-7,10-11,19H2,1H3. The van der Waals surface area contributed by atoms with Crippen molar-refractivity contribution in [2.45, 2.75) is 44.4 Å². The summed E-state index contributed by atoms with van der Waals surface area (Å²) in [4.78, 5) is 15.3. The smallest absolute Gasteiger partial charge is 0.130 e. The van der Waals surface area contributed by atoms with Gasteiger partial charge in [0.1, 0.15) is 6.29 Å². The van der Waals surface area contributed by atoms with Crippen LogP contribution in [0.2, 0.25) is 0 Å². The summed E-state index contributed by atoms with van der Waals surface area (Å²) >= 11 is 0. The lowest BCUT2D eigenvalue weighted by Gasteiger charge is -2.32. The second-order valence-electron chi connectivity index (χ2n) is 6.11. The van der Waals surface area contributed by atoms with Gasteiger partial charge < -0.3 is 15.5 Å². The Morgan fingerprint density at radius 1 is 1.14 bits per heavy atom. The molecule has 110 valence electrons. The molecular formula is C18H22N2O. The number of rotatable bonds is 3. The molecule has 1 aliphatic rings. The molecule has 0 bridgehead atoms. The molecule has 3 heteroatoms. The average Bonchev–Trinajstić information content (AvgIpc) is 2.84. The molecule has 1 saturated carbocycles. The van der Waals surface area contributed by atoms with Gasteiger partial charge in [0.25, 0.3) is 0 Å². The molecule has 1 fully saturated rings. The molecule has 0 spiro atoms. The van der Waals surface area contributed by atoms with E-state index in [0.717, 1.165) is 60.2 Å². The maximum absolute atomic E-state index is 11.9. The molecule has 0 atom stereocenters. The highest BCUT2D eigenvalue weighted by atomic mass is 16.1. The summed E-state index contributed by atoms with van der Waals surface area (Å²) in [6.07, 6.45) is 6.37. The van der Waals surface area contributed by atoms with Gasteiger partial charge in [0.15, 0.2) is 0 Å². The van der Waals surface area contributed by atoms with Crippen LogP contribution in [0.5, 0.6) is 0 Å². The van der Waals surface area contributed by atoms with Gasteiger partial charge >= 0.3 is 0 Å². The van der Waals surface area contributed by atoms with Crippen molar-refractivity contribution in [1.82, 2.24) is 4.98 Å². The van der Waals surface area contributed by atoms with Crippen molar-refractivity contribution in [2.75, 3.05) is 5.73 Å². The third-order valence-corrected chi connectivity index (χ3v) is 4.76. The van der Waals surface area contributed by atoms with E-state index in [9.17, 15) is 4.79 Å². The fourth-order valence-electron chi connectivity index (χ4n) is 3.73. The fraction of sp³-hybridized carbons (Fsp3) is 0.389. The zero-order valence-corrected chi connectivity index (χ0v) is 12.5. The number of aromatic nitrogens is 1. The van der Waals surface area contributed by atoms with Gasteiger partial charge in [-0.05, 0) is 19.8 Å². The number of aryl methyl sites for hydroxylation is 1. The lowest BCUT2D eigenvalue weighted by molar-refractivity contribution is -0.113. The summed E-state index contributed by atoms with van der Waals surface area (Å²) in [7, 11) is 0. The molecular weight excluding hydrogens is 260 g/mol. The summed E-state index contributed by atoms with van der Waals surface area (Å²) in [5, 5.41) is 0. The van der Waals surface area contributed by atoms with E-state index in [4.69, 9.17) is 5.73 Å². The number of H-pyrrole nitrogens is 1. The van der Waals surface area contributed by atoms with E-state index in [-0.39, 0.29) is 0 Å². The van der Waals surface area contributed by atoms with Crippen LogP contribution in [-0.2, 0) is 10.2 Å². The maximum Gasteiger partial charge on any atom is 0.130 e. The van der Waals surface area contributed by atoms with Gasteiger partial charge in [-0.15, -0.1) is 0 Å². The second kappa shape index (κ2) is 5.40. The Kier molecular flexibility index (Phi) is 3.58. The molecule has 0 amide bonds. The summed E-state index contributed by atoms with van der Waals surface area (Å²) in [5.41, 5.74) is 10.9. The van der Waals surface area contributed by atoms with E-state index >= 15 is 0 Å². The molecule has 0 saturated heterocycles. The predicted octanol–water partition coefficient (Wildman–Crippen LogP) is 3.97. The van der Waals surface area contributed by atoms with Crippen LogP contribution in [-0.4, -0.2) is 11.3 Å². The number of aldehydes is 1. The number of carbonyl (C=O) groups is 1. The summed E-state index contributed by atoms with van der Waals surface area (Å²) < 4.78 is 0. The molecule has 0 radical (unpaired) electrons. The Bertz CT molecular complexity index is 637. The summed E-state index contributed by atoms with van der Waals surface area (Å²) in [6.45, 7) is 2.03. The first-order valence-corrected chi connectivity index (χ1v) is 7.68. The number of aromatic amines is 1. The largest absolute Gasteiger partial charge is 0.397 e. The molecule has 3 N–H and O–H groups in total. The topological polar surface area (TPSA) is 58.9 Å². The summed E-state index contributed by atoms with van der Waals surface area (Å²) in [5.74, 6) is 0. The van der Waals surface area contributed by atoms with Gasteiger partial charge in [0.05, 0.1) is 16.8 Å². The highest BCUT2D eigenvalue weighted by Crippen LogP contribution is 2.44. The lowest BCUT2D eigenvalue weighted by atomic mass is 9.70. The third-order valence-electron chi connectivity index (χ3n) is 4.76. The van der Waals surface area contributed by atoms with E-state index in [0.29, 0.717) is 0 Å². The van der Waals surface area contributed by atoms with Crippen molar-refractivity contribution in [3.05, 3.63) is 41.6 Å².